The van der Waals surface area contributed by atoms with Crippen LogP contribution in [0.3, 0.4) is 0 Å². The molecule has 0 radical (unpaired) electrons. The van der Waals surface area contributed by atoms with E-state index in [-0.39, 0.29) is 12.0 Å². The number of imidazole rings is 1. The standard InChI is InChI=1S/C20H21N3O2/c24-19(11-8-14-5-2-1-3-6-14)21-15-9-10-16-17(13-15)23-20(22-16)18-7-4-12-25-18/h1-3,5-6,9-10,13,18H,4,7-8,11-12H2,(H,21,24)(H,22,23)/t18-/m1/s1. The summed E-state index contributed by atoms with van der Waals surface area (Å²) in [6, 6.07) is 15.8. The lowest BCUT2D eigenvalue weighted by molar-refractivity contribution is -0.116. The second-order valence-corrected chi connectivity index (χ2v) is 6.39. The molecular weight excluding hydrogens is 314 g/mol. The molecule has 0 saturated carbocycles. The molecular formula is C20H21N3O2. The first kappa shape index (κ1) is 15.8. The molecule has 1 saturated heterocycles. The summed E-state index contributed by atoms with van der Waals surface area (Å²) in [5, 5.41) is 2.97. The summed E-state index contributed by atoms with van der Waals surface area (Å²) in [6.45, 7) is 0.796. The fourth-order valence-corrected chi connectivity index (χ4v) is 3.18. The minimum Gasteiger partial charge on any atom is -0.370 e. The molecule has 0 spiro atoms. The highest BCUT2D eigenvalue weighted by molar-refractivity contribution is 5.93. The van der Waals surface area contributed by atoms with E-state index >= 15 is 0 Å². The van der Waals surface area contributed by atoms with E-state index in [0.29, 0.717) is 6.42 Å². The Hall–Kier alpha value is -2.66. The van der Waals surface area contributed by atoms with Crippen LogP contribution in [0.4, 0.5) is 5.69 Å². The fourth-order valence-electron chi connectivity index (χ4n) is 3.18. The Bertz CT molecular complexity index is 867. The van der Waals surface area contributed by atoms with Crippen molar-refractivity contribution in [3.63, 3.8) is 0 Å². The van der Waals surface area contributed by atoms with Crippen LogP contribution in [0.2, 0.25) is 0 Å². The molecule has 5 nitrogen and oxygen atoms in total. The molecule has 2 N–H and O–H groups in total. The number of aromatic amines is 1. The van der Waals surface area contributed by atoms with E-state index in [1.165, 1.54) is 5.56 Å². The number of benzene rings is 2. The van der Waals surface area contributed by atoms with Gasteiger partial charge in [-0.05, 0) is 43.0 Å². The molecule has 4 rings (SSSR count). The second-order valence-electron chi connectivity index (χ2n) is 6.39. The first-order valence-corrected chi connectivity index (χ1v) is 8.73. The average molecular weight is 335 g/mol. The zero-order chi connectivity index (χ0) is 17.1. The van der Waals surface area contributed by atoms with Gasteiger partial charge in [-0.1, -0.05) is 30.3 Å². The highest BCUT2D eigenvalue weighted by Gasteiger charge is 2.21. The molecule has 25 heavy (non-hydrogen) atoms. The third kappa shape index (κ3) is 3.72. The van der Waals surface area contributed by atoms with E-state index in [1.54, 1.807) is 0 Å². The third-order valence-electron chi connectivity index (χ3n) is 4.50. The largest absolute Gasteiger partial charge is 0.370 e. The monoisotopic (exact) mass is 335 g/mol. The molecule has 0 unspecified atom stereocenters. The summed E-state index contributed by atoms with van der Waals surface area (Å²) < 4.78 is 5.67. The van der Waals surface area contributed by atoms with Crippen molar-refractivity contribution in [3.8, 4) is 0 Å². The summed E-state index contributed by atoms with van der Waals surface area (Å²) in [6.07, 6.45) is 3.35. The number of aromatic nitrogens is 2. The van der Waals surface area contributed by atoms with E-state index in [9.17, 15) is 4.79 Å². The number of fused-ring (bicyclic) bond motifs is 1. The number of nitrogens with one attached hydrogen (secondary N) is 2. The van der Waals surface area contributed by atoms with Crippen molar-refractivity contribution >= 4 is 22.6 Å². The highest BCUT2D eigenvalue weighted by atomic mass is 16.5. The zero-order valence-electron chi connectivity index (χ0n) is 14.0. The Labute approximate surface area is 146 Å². The first-order chi connectivity index (χ1) is 12.3. The number of H-pyrrole nitrogens is 1. The number of hydrogen-bond donors (Lipinski definition) is 2. The van der Waals surface area contributed by atoms with Crippen molar-refractivity contribution in [1.82, 2.24) is 9.97 Å². The Morgan fingerprint density at radius 2 is 2.12 bits per heavy atom. The van der Waals surface area contributed by atoms with E-state index < -0.39 is 0 Å². The Balaban J connectivity index is 1.41. The van der Waals surface area contributed by atoms with Gasteiger partial charge in [-0.15, -0.1) is 0 Å². The molecule has 0 bridgehead atoms. The van der Waals surface area contributed by atoms with Gasteiger partial charge < -0.3 is 15.0 Å². The third-order valence-corrected chi connectivity index (χ3v) is 4.50. The topological polar surface area (TPSA) is 67.0 Å². The number of nitrogens with zero attached hydrogens (tertiary/aromatic N) is 1. The van der Waals surface area contributed by atoms with Crippen molar-refractivity contribution in [3.05, 3.63) is 59.9 Å². The molecule has 5 heteroatoms. The van der Waals surface area contributed by atoms with Crippen LogP contribution in [0.15, 0.2) is 48.5 Å². The minimum atomic E-state index is 0.0158. The average Bonchev–Trinajstić information content (AvgIpc) is 3.30. The molecule has 128 valence electrons. The molecule has 3 aromatic rings. The van der Waals surface area contributed by atoms with Crippen LogP contribution >= 0.6 is 0 Å². The maximum Gasteiger partial charge on any atom is 0.224 e. The van der Waals surface area contributed by atoms with Gasteiger partial charge in [-0.3, -0.25) is 4.79 Å². The minimum absolute atomic E-state index is 0.0158. The quantitative estimate of drug-likeness (QED) is 0.741. The van der Waals surface area contributed by atoms with Gasteiger partial charge in [0.15, 0.2) is 0 Å². The summed E-state index contributed by atoms with van der Waals surface area (Å²) in [5.74, 6) is 0.891. The maximum atomic E-state index is 12.2. The lowest BCUT2D eigenvalue weighted by atomic mass is 10.1. The van der Waals surface area contributed by atoms with Crippen LogP contribution < -0.4 is 5.32 Å². The fraction of sp³-hybridized carbons (Fsp3) is 0.300. The van der Waals surface area contributed by atoms with Gasteiger partial charge in [0.25, 0.3) is 0 Å². The SMILES string of the molecule is O=C(CCc1ccccc1)Nc1ccc2nc([C@H]3CCCO3)[nH]c2c1. The molecule has 2 heterocycles. The lowest BCUT2D eigenvalue weighted by Crippen LogP contribution is -2.12. The molecule has 0 aliphatic carbocycles. The van der Waals surface area contributed by atoms with Crippen molar-refractivity contribution < 1.29 is 9.53 Å². The van der Waals surface area contributed by atoms with Crippen LogP contribution in [-0.2, 0) is 16.0 Å². The van der Waals surface area contributed by atoms with Gasteiger partial charge in [0.2, 0.25) is 5.91 Å². The molecule has 1 amide bonds. The number of rotatable bonds is 5. The Morgan fingerprint density at radius 3 is 2.92 bits per heavy atom. The molecule has 1 aliphatic rings. The second kappa shape index (κ2) is 7.07. The van der Waals surface area contributed by atoms with Crippen LogP contribution in [-0.4, -0.2) is 22.5 Å². The number of carbonyl (C=O) groups is 1. The lowest BCUT2D eigenvalue weighted by Gasteiger charge is -2.05. The number of anilines is 1. The molecule has 1 atom stereocenters. The molecule has 1 fully saturated rings. The van der Waals surface area contributed by atoms with Crippen LogP contribution in [0.5, 0.6) is 0 Å². The Morgan fingerprint density at radius 1 is 1.24 bits per heavy atom. The van der Waals surface area contributed by atoms with Crippen molar-refractivity contribution in [2.24, 2.45) is 0 Å². The van der Waals surface area contributed by atoms with E-state index in [4.69, 9.17) is 4.74 Å². The van der Waals surface area contributed by atoms with Gasteiger partial charge in [0, 0.05) is 18.7 Å². The van der Waals surface area contributed by atoms with E-state index in [0.717, 1.165) is 48.4 Å². The van der Waals surface area contributed by atoms with E-state index in [2.05, 4.69) is 15.3 Å². The van der Waals surface area contributed by atoms with Gasteiger partial charge in [-0.2, -0.15) is 0 Å². The molecule has 1 aromatic heterocycles. The van der Waals surface area contributed by atoms with Gasteiger partial charge >= 0.3 is 0 Å². The first-order valence-electron chi connectivity index (χ1n) is 8.73. The number of aryl methyl sites for hydroxylation is 1. The van der Waals surface area contributed by atoms with Gasteiger partial charge in [-0.25, -0.2) is 4.98 Å². The maximum absolute atomic E-state index is 12.2. The predicted octanol–water partition coefficient (Wildman–Crippen LogP) is 3.99. The molecule has 2 aromatic carbocycles. The number of hydrogen-bond acceptors (Lipinski definition) is 3. The van der Waals surface area contributed by atoms with Crippen LogP contribution in [0, 0.1) is 0 Å². The van der Waals surface area contributed by atoms with Gasteiger partial charge in [0.05, 0.1) is 11.0 Å². The summed E-state index contributed by atoms with van der Waals surface area (Å²) in [7, 11) is 0. The predicted molar refractivity (Wildman–Crippen MR) is 97.4 cm³/mol. The Kier molecular flexibility index (Phi) is 4.48. The highest BCUT2D eigenvalue weighted by Crippen LogP contribution is 2.28. The van der Waals surface area contributed by atoms with Crippen LogP contribution in [0.25, 0.3) is 11.0 Å². The van der Waals surface area contributed by atoms with E-state index in [1.807, 2.05) is 48.5 Å². The zero-order valence-corrected chi connectivity index (χ0v) is 14.0. The molecule has 1 aliphatic heterocycles. The summed E-state index contributed by atoms with van der Waals surface area (Å²) >= 11 is 0. The van der Waals surface area contributed by atoms with Crippen molar-refractivity contribution in [2.75, 3.05) is 11.9 Å². The number of ether oxygens (including phenoxy) is 1. The summed E-state index contributed by atoms with van der Waals surface area (Å²) in [5.41, 5.74) is 3.77. The van der Waals surface area contributed by atoms with Crippen molar-refractivity contribution in [1.29, 1.82) is 0 Å². The normalized spacial score (nSPS) is 17.0. The smallest absolute Gasteiger partial charge is 0.224 e. The summed E-state index contributed by atoms with van der Waals surface area (Å²) in [4.78, 5) is 20.1. The van der Waals surface area contributed by atoms with Gasteiger partial charge in [0.1, 0.15) is 11.9 Å². The number of amides is 1. The van der Waals surface area contributed by atoms with Crippen LogP contribution in [0.1, 0.15) is 36.8 Å². The van der Waals surface area contributed by atoms with Crippen molar-refractivity contribution in [2.45, 2.75) is 31.8 Å². The number of carbonyl (C=O) groups excluding carboxylic acids is 1.